The summed E-state index contributed by atoms with van der Waals surface area (Å²) in [6.45, 7) is 4.75. The molecule has 0 amide bonds. The molecule has 0 saturated carbocycles. The Balaban J connectivity index is 1.64. The second-order valence-electron chi connectivity index (χ2n) is 6.69. The highest BCUT2D eigenvalue weighted by atomic mass is 16.9. The van der Waals surface area contributed by atoms with Crippen LogP contribution in [-0.4, -0.2) is 33.5 Å². The molecule has 0 atom stereocenters. The summed E-state index contributed by atoms with van der Waals surface area (Å²) in [6.07, 6.45) is 4.78. The number of methoxy groups -OCH3 is 1. The third kappa shape index (κ3) is 3.65. The van der Waals surface area contributed by atoms with Gasteiger partial charge in [0.25, 0.3) is 0 Å². The zero-order valence-corrected chi connectivity index (χ0v) is 14.6. The van der Waals surface area contributed by atoms with Crippen LogP contribution in [0.2, 0.25) is 0 Å². The Morgan fingerprint density at radius 1 is 1.04 bits per heavy atom. The summed E-state index contributed by atoms with van der Waals surface area (Å²) in [6, 6.07) is 7.85. The smallest absolute Gasteiger partial charge is 0.312 e. The van der Waals surface area contributed by atoms with Crippen LogP contribution in [0.15, 0.2) is 24.3 Å². The van der Waals surface area contributed by atoms with E-state index < -0.39 is 5.97 Å². The van der Waals surface area contributed by atoms with Crippen molar-refractivity contribution in [1.29, 1.82) is 0 Å². The maximum atomic E-state index is 6.02. The van der Waals surface area contributed by atoms with Gasteiger partial charge in [-0.05, 0) is 30.7 Å². The largest absolute Gasteiger partial charge is 0.372 e. The van der Waals surface area contributed by atoms with Crippen LogP contribution in [0.25, 0.3) is 0 Å². The lowest BCUT2D eigenvalue weighted by Crippen LogP contribution is -2.58. The Morgan fingerprint density at radius 3 is 2.29 bits per heavy atom. The molecule has 0 spiro atoms. The van der Waals surface area contributed by atoms with Gasteiger partial charge in [-0.25, -0.2) is 0 Å². The fraction of sp³-hybridized carbons (Fsp3) is 0.600. The van der Waals surface area contributed by atoms with Gasteiger partial charge in [-0.15, -0.1) is 0 Å². The van der Waals surface area contributed by atoms with Crippen LogP contribution in [0.1, 0.15) is 43.7 Å². The number of rotatable bonds is 6. The van der Waals surface area contributed by atoms with Gasteiger partial charge in [0.15, 0.2) is 0 Å². The molecule has 0 N–H and O–H groups in total. The van der Waals surface area contributed by atoms with Crippen molar-refractivity contribution in [3.63, 3.8) is 0 Å². The topological polar surface area (TPSA) is 36.9 Å². The van der Waals surface area contributed by atoms with Crippen molar-refractivity contribution in [2.24, 2.45) is 5.41 Å². The van der Waals surface area contributed by atoms with Gasteiger partial charge in [0, 0.05) is 23.7 Å². The summed E-state index contributed by atoms with van der Waals surface area (Å²) < 4.78 is 23.0. The van der Waals surface area contributed by atoms with E-state index in [0.717, 1.165) is 17.5 Å². The van der Waals surface area contributed by atoms with Crippen molar-refractivity contribution >= 4 is 0 Å². The lowest BCUT2D eigenvalue weighted by atomic mass is 9.83. The molecule has 0 unspecified atom stereocenters. The maximum absolute atomic E-state index is 6.02. The summed E-state index contributed by atoms with van der Waals surface area (Å²) >= 11 is 0. The molecule has 3 fully saturated rings. The fourth-order valence-electron chi connectivity index (χ4n) is 3.18. The Labute approximate surface area is 144 Å². The maximum Gasteiger partial charge on any atom is 0.312 e. The first kappa shape index (κ1) is 17.4. The second kappa shape index (κ2) is 7.67. The van der Waals surface area contributed by atoms with Crippen molar-refractivity contribution in [2.75, 3.05) is 33.5 Å². The molecule has 2 bridgehead atoms. The predicted molar refractivity (Wildman–Crippen MR) is 91.3 cm³/mol. The first-order valence-corrected chi connectivity index (χ1v) is 8.72. The van der Waals surface area contributed by atoms with Gasteiger partial charge in [-0.1, -0.05) is 38.0 Å². The van der Waals surface area contributed by atoms with Crippen molar-refractivity contribution in [3.8, 4) is 11.8 Å². The molecule has 0 aliphatic carbocycles. The van der Waals surface area contributed by atoms with Crippen molar-refractivity contribution < 1.29 is 18.9 Å². The molecule has 130 valence electrons. The third-order valence-electron chi connectivity index (χ3n) is 4.70. The van der Waals surface area contributed by atoms with Gasteiger partial charge in [0.05, 0.1) is 19.8 Å². The molecular weight excluding hydrogens is 304 g/mol. The Kier molecular flexibility index (Phi) is 5.57. The molecule has 3 heterocycles. The standard InChI is InChI=1S/C20H26O4/c1-3-4-5-12-19-14-22-20(23-15-19,24-16-19)18-10-8-17(9-11-18)7-6-13-21-2/h8-11H,3-5,12-16H2,1-2H3. The summed E-state index contributed by atoms with van der Waals surface area (Å²) in [7, 11) is 1.64. The lowest BCUT2D eigenvalue weighted by molar-refractivity contribution is -0.480. The summed E-state index contributed by atoms with van der Waals surface area (Å²) in [5.41, 5.74) is 1.86. The molecule has 0 radical (unpaired) electrons. The minimum absolute atomic E-state index is 0.0302. The molecule has 24 heavy (non-hydrogen) atoms. The SMILES string of the molecule is CCCCCC12COC(c3ccc(C#CCOC)cc3)(OC1)OC2. The van der Waals surface area contributed by atoms with Crippen molar-refractivity contribution in [3.05, 3.63) is 35.4 Å². The highest BCUT2D eigenvalue weighted by Gasteiger charge is 2.53. The number of ether oxygens (including phenoxy) is 4. The lowest BCUT2D eigenvalue weighted by Gasteiger charge is -2.52. The van der Waals surface area contributed by atoms with Crippen LogP contribution in [0, 0.1) is 17.3 Å². The normalized spacial score (nSPS) is 28.4. The first-order chi connectivity index (χ1) is 11.7. The summed E-state index contributed by atoms with van der Waals surface area (Å²) in [5, 5.41) is 0. The summed E-state index contributed by atoms with van der Waals surface area (Å²) in [4.78, 5) is 0. The van der Waals surface area contributed by atoms with E-state index in [2.05, 4.69) is 18.8 Å². The molecule has 4 nitrogen and oxygen atoms in total. The molecule has 0 aromatic heterocycles. The van der Waals surface area contributed by atoms with Crippen LogP contribution >= 0.6 is 0 Å². The van der Waals surface area contributed by atoms with Crippen LogP contribution in [0.4, 0.5) is 0 Å². The molecule has 4 rings (SSSR count). The van der Waals surface area contributed by atoms with Gasteiger partial charge < -0.3 is 18.9 Å². The molecule has 3 aliphatic heterocycles. The third-order valence-corrected chi connectivity index (χ3v) is 4.70. The number of fused-ring (bicyclic) bond motifs is 3. The van der Waals surface area contributed by atoms with Crippen LogP contribution in [-0.2, 0) is 24.9 Å². The average molecular weight is 330 g/mol. The quantitative estimate of drug-likeness (QED) is 0.591. The molecule has 1 aromatic carbocycles. The van der Waals surface area contributed by atoms with Gasteiger partial charge in [0.2, 0.25) is 0 Å². The minimum atomic E-state index is -1.04. The van der Waals surface area contributed by atoms with E-state index in [4.69, 9.17) is 18.9 Å². The Morgan fingerprint density at radius 2 is 1.71 bits per heavy atom. The molecule has 1 aromatic rings. The van der Waals surface area contributed by atoms with Crippen molar-refractivity contribution in [2.45, 2.75) is 38.6 Å². The van der Waals surface area contributed by atoms with Gasteiger partial charge in [-0.3, -0.25) is 0 Å². The van der Waals surface area contributed by atoms with E-state index in [9.17, 15) is 0 Å². The Hall–Kier alpha value is -1.38. The first-order valence-electron chi connectivity index (χ1n) is 8.72. The minimum Gasteiger partial charge on any atom is -0.372 e. The van der Waals surface area contributed by atoms with E-state index in [-0.39, 0.29) is 5.41 Å². The monoisotopic (exact) mass is 330 g/mol. The number of hydrogen-bond acceptors (Lipinski definition) is 4. The van der Waals surface area contributed by atoms with Crippen LogP contribution < -0.4 is 0 Å². The van der Waals surface area contributed by atoms with E-state index in [1.807, 2.05) is 24.3 Å². The molecule has 3 aliphatic rings. The molecule has 4 heteroatoms. The van der Waals surface area contributed by atoms with Crippen LogP contribution in [0.3, 0.4) is 0 Å². The molecule has 3 saturated heterocycles. The number of unbranched alkanes of at least 4 members (excludes halogenated alkanes) is 2. The van der Waals surface area contributed by atoms with E-state index in [0.29, 0.717) is 26.4 Å². The number of hydrogen-bond donors (Lipinski definition) is 0. The van der Waals surface area contributed by atoms with E-state index in [1.165, 1.54) is 19.3 Å². The van der Waals surface area contributed by atoms with Gasteiger partial charge in [0.1, 0.15) is 6.61 Å². The predicted octanol–water partition coefficient (Wildman–Crippen LogP) is 3.44. The van der Waals surface area contributed by atoms with E-state index >= 15 is 0 Å². The highest BCUT2D eigenvalue weighted by Crippen LogP contribution is 2.46. The average Bonchev–Trinajstić information content (AvgIpc) is 2.64. The fourth-order valence-corrected chi connectivity index (χ4v) is 3.18. The van der Waals surface area contributed by atoms with Gasteiger partial charge >= 0.3 is 5.97 Å². The number of benzene rings is 1. The zero-order chi connectivity index (χ0) is 16.9. The van der Waals surface area contributed by atoms with E-state index in [1.54, 1.807) is 7.11 Å². The summed E-state index contributed by atoms with van der Waals surface area (Å²) in [5.74, 6) is 4.96. The Bertz CT molecular complexity index is 572. The highest BCUT2D eigenvalue weighted by molar-refractivity contribution is 5.37. The molecular formula is C20H26O4. The zero-order valence-electron chi connectivity index (χ0n) is 14.6. The van der Waals surface area contributed by atoms with Crippen molar-refractivity contribution in [1.82, 2.24) is 0 Å². The van der Waals surface area contributed by atoms with Crippen LogP contribution in [0.5, 0.6) is 0 Å². The van der Waals surface area contributed by atoms with Gasteiger partial charge in [-0.2, -0.15) is 0 Å². The second-order valence-corrected chi connectivity index (χ2v) is 6.69.